The van der Waals surface area contributed by atoms with Crippen molar-refractivity contribution in [2.75, 3.05) is 38.6 Å². The fourth-order valence-electron chi connectivity index (χ4n) is 1.63. The van der Waals surface area contributed by atoms with Crippen LogP contribution in [-0.2, 0) is 16.1 Å². The fourth-order valence-corrected chi connectivity index (χ4v) is 2.25. The molecule has 0 aromatic carbocycles. The summed E-state index contributed by atoms with van der Waals surface area (Å²) in [5.41, 5.74) is 0. The van der Waals surface area contributed by atoms with E-state index < -0.39 is 5.97 Å². The molecule has 1 N–H and O–H groups in total. The molecule has 1 fully saturated rings. The van der Waals surface area contributed by atoms with Gasteiger partial charge < -0.3 is 9.84 Å². The lowest BCUT2D eigenvalue weighted by Crippen LogP contribution is -2.38. The van der Waals surface area contributed by atoms with E-state index in [1.54, 1.807) is 4.68 Å². The molecule has 0 radical (unpaired) electrons. The van der Waals surface area contributed by atoms with Gasteiger partial charge in [0, 0.05) is 19.6 Å². The fraction of sp³-hybridized carbons (Fsp3) is 0.778. The van der Waals surface area contributed by atoms with E-state index in [-0.39, 0.29) is 5.75 Å². The van der Waals surface area contributed by atoms with Gasteiger partial charge >= 0.3 is 5.97 Å². The van der Waals surface area contributed by atoms with Crippen molar-refractivity contribution in [2.45, 2.75) is 11.7 Å². The lowest BCUT2D eigenvalue weighted by Gasteiger charge is -2.26. The average molecular weight is 273 g/mol. The van der Waals surface area contributed by atoms with E-state index in [9.17, 15) is 4.79 Å². The Kier molecular flexibility index (Phi) is 4.90. The van der Waals surface area contributed by atoms with E-state index >= 15 is 0 Å². The number of aromatic nitrogens is 4. The molecule has 1 aromatic rings. The van der Waals surface area contributed by atoms with Crippen LogP contribution < -0.4 is 0 Å². The number of hydrogen-bond acceptors (Lipinski definition) is 7. The van der Waals surface area contributed by atoms with Crippen molar-refractivity contribution in [3.8, 4) is 0 Å². The molecule has 0 spiro atoms. The molecule has 0 saturated carbocycles. The van der Waals surface area contributed by atoms with Gasteiger partial charge in [0.2, 0.25) is 5.16 Å². The molecule has 8 nitrogen and oxygen atoms in total. The number of hydrogen-bond donors (Lipinski definition) is 1. The smallest absolute Gasteiger partial charge is 0.313 e. The van der Waals surface area contributed by atoms with Crippen LogP contribution in [0.4, 0.5) is 0 Å². The first kappa shape index (κ1) is 13.2. The number of carboxylic acids is 1. The van der Waals surface area contributed by atoms with Crippen molar-refractivity contribution < 1.29 is 14.6 Å². The maximum absolute atomic E-state index is 10.5. The molecule has 2 heterocycles. The van der Waals surface area contributed by atoms with E-state index in [0.29, 0.717) is 11.7 Å². The van der Waals surface area contributed by atoms with Gasteiger partial charge in [-0.15, -0.1) is 5.10 Å². The van der Waals surface area contributed by atoms with Crippen LogP contribution in [0.1, 0.15) is 0 Å². The van der Waals surface area contributed by atoms with Gasteiger partial charge in [0.1, 0.15) is 0 Å². The van der Waals surface area contributed by atoms with E-state index in [1.807, 2.05) is 0 Å². The third-order valence-electron chi connectivity index (χ3n) is 2.56. The highest BCUT2D eigenvalue weighted by Gasteiger charge is 2.13. The molecule has 0 amide bonds. The summed E-state index contributed by atoms with van der Waals surface area (Å²) >= 11 is 1.13. The summed E-state index contributed by atoms with van der Waals surface area (Å²) < 4.78 is 6.91. The molecule has 18 heavy (non-hydrogen) atoms. The summed E-state index contributed by atoms with van der Waals surface area (Å²) in [4.78, 5) is 12.8. The van der Waals surface area contributed by atoms with Crippen molar-refractivity contribution in [3.63, 3.8) is 0 Å². The second-order valence-electron chi connectivity index (χ2n) is 3.82. The quantitative estimate of drug-likeness (QED) is 0.672. The summed E-state index contributed by atoms with van der Waals surface area (Å²) in [6, 6.07) is 0. The minimum atomic E-state index is -0.872. The second-order valence-corrected chi connectivity index (χ2v) is 4.76. The number of ether oxygens (including phenoxy) is 1. The van der Waals surface area contributed by atoms with Crippen LogP contribution >= 0.6 is 11.8 Å². The van der Waals surface area contributed by atoms with Gasteiger partial charge in [-0.25, -0.2) is 4.68 Å². The Hall–Kier alpha value is -1.19. The summed E-state index contributed by atoms with van der Waals surface area (Å²) in [5.74, 6) is -0.902. The standard InChI is InChI=1S/C9H15N5O3S/c15-8(16)7-18-9-10-11-12-14(9)2-1-13-3-5-17-6-4-13/h1-7H2,(H,15,16). The molecule has 0 aliphatic carbocycles. The predicted molar refractivity (Wildman–Crippen MR) is 63.4 cm³/mol. The van der Waals surface area contributed by atoms with Crippen molar-refractivity contribution in [1.82, 2.24) is 25.1 Å². The maximum Gasteiger partial charge on any atom is 0.313 e. The molecular formula is C9H15N5O3S. The number of rotatable bonds is 6. The zero-order valence-corrected chi connectivity index (χ0v) is 10.7. The Morgan fingerprint density at radius 2 is 2.17 bits per heavy atom. The first-order valence-electron chi connectivity index (χ1n) is 5.66. The molecular weight excluding hydrogens is 258 g/mol. The maximum atomic E-state index is 10.5. The SMILES string of the molecule is O=C(O)CSc1nnnn1CCN1CCOCC1. The average Bonchev–Trinajstić information content (AvgIpc) is 2.82. The third kappa shape index (κ3) is 3.93. The van der Waals surface area contributed by atoms with Crippen LogP contribution in [0.2, 0.25) is 0 Å². The molecule has 2 rings (SSSR count). The summed E-state index contributed by atoms with van der Waals surface area (Å²) in [6.45, 7) is 4.86. The highest BCUT2D eigenvalue weighted by Crippen LogP contribution is 2.12. The van der Waals surface area contributed by atoms with E-state index in [4.69, 9.17) is 9.84 Å². The molecule has 9 heteroatoms. The molecule has 1 aliphatic heterocycles. The number of carboxylic acid groups (broad SMARTS) is 1. The molecule has 100 valence electrons. The van der Waals surface area contributed by atoms with Crippen LogP contribution in [0.5, 0.6) is 0 Å². The van der Waals surface area contributed by atoms with E-state index in [0.717, 1.165) is 44.6 Å². The Bertz CT molecular complexity index is 393. The predicted octanol–water partition coefficient (Wildman–Crippen LogP) is -0.818. The zero-order chi connectivity index (χ0) is 12.8. The van der Waals surface area contributed by atoms with Gasteiger partial charge in [0.15, 0.2) is 0 Å². The van der Waals surface area contributed by atoms with Crippen molar-refractivity contribution in [1.29, 1.82) is 0 Å². The normalized spacial score (nSPS) is 16.9. The van der Waals surface area contributed by atoms with Crippen LogP contribution in [0.25, 0.3) is 0 Å². The summed E-state index contributed by atoms with van der Waals surface area (Å²) in [7, 11) is 0. The minimum absolute atomic E-state index is 0.0298. The van der Waals surface area contributed by atoms with Crippen LogP contribution in [0.15, 0.2) is 5.16 Å². The highest BCUT2D eigenvalue weighted by atomic mass is 32.2. The molecule has 0 bridgehead atoms. The molecule has 0 atom stereocenters. The van der Waals surface area contributed by atoms with Gasteiger partial charge in [0.05, 0.1) is 25.5 Å². The number of thioether (sulfide) groups is 1. The van der Waals surface area contributed by atoms with Gasteiger partial charge in [-0.05, 0) is 10.4 Å². The van der Waals surface area contributed by atoms with Gasteiger partial charge in [0.25, 0.3) is 0 Å². The van der Waals surface area contributed by atoms with Crippen molar-refractivity contribution >= 4 is 17.7 Å². The van der Waals surface area contributed by atoms with Crippen LogP contribution in [-0.4, -0.2) is 74.8 Å². The van der Waals surface area contributed by atoms with Gasteiger partial charge in [-0.3, -0.25) is 9.69 Å². The van der Waals surface area contributed by atoms with Crippen LogP contribution in [0, 0.1) is 0 Å². The zero-order valence-electron chi connectivity index (χ0n) is 9.86. The number of morpholine rings is 1. The molecule has 1 saturated heterocycles. The highest BCUT2D eigenvalue weighted by molar-refractivity contribution is 7.99. The lowest BCUT2D eigenvalue weighted by atomic mass is 10.4. The number of nitrogens with zero attached hydrogens (tertiary/aromatic N) is 5. The van der Waals surface area contributed by atoms with E-state index in [1.165, 1.54) is 0 Å². The topological polar surface area (TPSA) is 93.4 Å². The summed E-state index contributed by atoms with van der Waals surface area (Å²) in [5, 5.41) is 20.4. The Labute approximate surface area is 108 Å². The van der Waals surface area contributed by atoms with Crippen LogP contribution in [0.3, 0.4) is 0 Å². The summed E-state index contributed by atoms with van der Waals surface area (Å²) in [6.07, 6.45) is 0. The number of aliphatic carboxylic acids is 1. The monoisotopic (exact) mass is 273 g/mol. The number of tetrazole rings is 1. The Morgan fingerprint density at radius 1 is 1.39 bits per heavy atom. The third-order valence-corrected chi connectivity index (χ3v) is 3.50. The Balaban J connectivity index is 1.81. The largest absolute Gasteiger partial charge is 0.481 e. The second kappa shape index (κ2) is 6.66. The molecule has 1 aliphatic rings. The van der Waals surface area contributed by atoms with E-state index in [2.05, 4.69) is 20.4 Å². The first-order valence-corrected chi connectivity index (χ1v) is 6.65. The Morgan fingerprint density at radius 3 is 2.89 bits per heavy atom. The first-order chi connectivity index (χ1) is 8.75. The lowest BCUT2D eigenvalue weighted by molar-refractivity contribution is -0.133. The number of carbonyl (C=O) groups is 1. The van der Waals surface area contributed by atoms with Gasteiger partial charge in [-0.2, -0.15) is 0 Å². The van der Waals surface area contributed by atoms with Crippen molar-refractivity contribution in [3.05, 3.63) is 0 Å². The van der Waals surface area contributed by atoms with Gasteiger partial charge in [-0.1, -0.05) is 11.8 Å². The van der Waals surface area contributed by atoms with Crippen molar-refractivity contribution in [2.24, 2.45) is 0 Å². The minimum Gasteiger partial charge on any atom is -0.481 e. The molecule has 0 unspecified atom stereocenters. The molecule has 1 aromatic heterocycles.